The van der Waals surface area contributed by atoms with Crippen LogP contribution >= 0.6 is 11.6 Å². The van der Waals surface area contributed by atoms with Crippen LogP contribution in [0.3, 0.4) is 0 Å². The largest absolute Gasteiger partial charge is 0.388 e. The summed E-state index contributed by atoms with van der Waals surface area (Å²) in [6.45, 7) is 1.96. The van der Waals surface area contributed by atoms with Crippen LogP contribution in [0.15, 0.2) is 18.2 Å². The predicted octanol–water partition coefficient (Wildman–Crippen LogP) is 3.16. The van der Waals surface area contributed by atoms with E-state index < -0.39 is 0 Å². The summed E-state index contributed by atoms with van der Waals surface area (Å²) in [5.74, 6) is 0. The van der Waals surface area contributed by atoms with Gasteiger partial charge in [0.2, 0.25) is 0 Å². The molecule has 1 rings (SSSR count). The lowest BCUT2D eigenvalue weighted by Crippen LogP contribution is -2.02. The van der Waals surface area contributed by atoms with E-state index in [1.54, 1.807) is 0 Å². The van der Waals surface area contributed by atoms with Gasteiger partial charge in [-0.25, -0.2) is 0 Å². The summed E-state index contributed by atoms with van der Waals surface area (Å²) in [6.07, 6.45) is 0.717. The average molecular weight is 197 g/mol. The fourth-order valence-corrected chi connectivity index (χ4v) is 1.35. The van der Waals surface area contributed by atoms with Crippen molar-refractivity contribution in [3.05, 3.63) is 28.8 Å². The number of anilines is 1. The fraction of sp³-hybridized carbons (Fsp3) is 0.300. The molecule has 2 nitrogen and oxygen atoms in total. The highest BCUT2D eigenvalue weighted by molar-refractivity contribution is 6.31. The number of hydrogen-bond donors (Lipinski definition) is 2. The van der Waals surface area contributed by atoms with Crippen molar-refractivity contribution in [1.29, 1.82) is 5.41 Å². The first-order valence-corrected chi connectivity index (χ1v) is 4.62. The average Bonchev–Trinajstić information content (AvgIpc) is 2.16. The predicted molar refractivity (Wildman–Crippen MR) is 58.1 cm³/mol. The first kappa shape index (κ1) is 10.1. The van der Waals surface area contributed by atoms with Gasteiger partial charge in [-0.1, -0.05) is 18.5 Å². The molecule has 0 saturated carbocycles. The Labute approximate surface area is 83.4 Å². The maximum Gasteiger partial charge on any atom is 0.0430 e. The quantitative estimate of drug-likeness (QED) is 0.716. The Morgan fingerprint density at radius 3 is 2.77 bits per heavy atom. The van der Waals surface area contributed by atoms with Gasteiger partial charge in [0.05, 0.1) is 0 Å². The molecule has 0 atom stereocenters. The van der Waals surface area contributed by atoms with E-state index in [1.165, 1.54) is 0 Å². The number of benzene rings is 1. The molecule has 0 aliphatic heterocycles. The smallest absolute Gasteiger partial charge is 0.0430 e. The fourth-order valence-electron chi connectivity index (χ4n) is 1.17. The van der Waals surface area contributed by atoms with Crippen molar-refractivity contribution < 1.29 is 0 Å². The highest BCUT2D eigenvalue weighted by Crippen LogP contribution is 2.21. The molecule has 0 aromatic heterocycles. The van der Waals surface area contributed by atoms with Crippen molar-refractivity contribution in [3.8, 4) is 0 Å². The van der Waals surface area contributed by atoms with E-state index in [-0.39, 0.29) is 0 Å². The zero-order chi connectivity index (χ0) is 9.84. The molecule has 13 heavy (non-hydrogen) atoms. The molecule has 0 unspecified atom stereocenters. The van der Waals surface area contributed by atoms with Crippen LogP contribution in [0, 0.1) is 5.41 Å². The van der Waals surface area contributed by atoms with Gasteiger partial charge in [0.25, 0.3) is 0 Å². The molecule has 3 heteroatoms. The summed E-state index contributed by atoms with van der Waals surface area (Å²) in [7, 11) is 1.84. The molecular formula is C10H13ClN2. The standard InChI is InChI=1S/C10H13ClN2/c1-3-9(12)8-6-7(11)4-5-10(8)13-2/h4-6,12-13H,3H2,1-2H3. The van der Waals surface area contributed by atoms with Crippen molar-refractivity contribution in [1.82, 2.24) is 0 Å². The summed E-state index contributed by atoms with van der Waals surface area (Å²) in [4.78, 5) is 0. The van der Waals surface area contributed by atoms with E-state index in [2.05, 4.69) is 5.32 Å². The second-order valence-electron chi connectivity index (χ2n) is 2.77. The van der Waals surface area contributed by atoms with Crippen LogP contribution in [0.5, 0.6) is 0 Å². The Morgan fingerprint density at radius 1 is 1.54 bits per heavy atom. The van der Waals surface area contributed by atoms with Gasteiger partial charge in [-0.3, -0.25) is 0 Å². The third kappa shape index (κ3) is 2.22. The first-order chi connectivity index (χ1) is 6.19. The topological polar surface area (TPSA) is 35.9 Å². The van der Waals surface area contributed by atoms with E-state index in [1.807, 2.05) is 32.2 Å². The van der Waals surface area contributed by atoms with Crippen LogP contribution in [0.1, 0.15) is 18.9 Å². The van der Waals surface area contributed by atoms with Gasteiger partial charge in [-0.2, -0.15) is 0 Å². The van der Waals surface area contributed by atoms with Crippen LogP contribution in [-0.4, -0.2) is 12.8 Å². The Hall–Kier alpha value is -1.02. The van der Waals surface area contributed by atoms with Gasteiger partial charge in [-0.15, -0.1) is 0 Å². The van der Waals surface area contributed by atoms with Crippen molar-refractivity contribution in [3.63, 3.8) is 0 Å². The molecule has 0 heterocycles. The Morgan fingerprint density at radius 2 is 2.23 bits per heavy atom. The third-order valence-corrected chi connectivity index (χ3v) is 2.16. The van der Waals surface area contributed by atoms with Crippen LogP contribution < -0.4 is 5.32 Å². The van der Waals surface area contributed by atoms with Crippen LogP contribution in [0.4, 0.5) is 5.69 Å². The van der Waals surface area contributed by atoms with E-state index in [0.29, 0.717) is 10.7 Å². The van der Waals surface area contributed by atoms with E-state index in [9.17, 15) is 0 Å². The molecule has 0 fully saturated rings. The Kier molecular flexibility index (Phi) is 3.32. The van der Waals surface area contributed by atoms with Gasteiger partial charge >= 0.3 is 0 Å². The minimum Gasteiger partial charge on any atom is -0.388 e. The molecule has 1 aromatic carbocycles. The maximum atomic E-state index is 7.72. The van der Waals surface area contributed by atoms with Gasteiger partial charge in [0.1, 0.15) is 0 Å². The van der Waals surface area contributed by atoms with Crippen LogP contribution in [0.2, 0.25) is 5.02 Å². The molecule has 0 bridgehead atoms. The molecule has 70 valence electrons. The monoisotopic (exact) mass is 196 g/mol. The highest BCUT2D eigenvalue weighted by Gasteiger charge is 2.05. The highest BCUT2D eigenvalue weighted by atomic mass is 35.5. The third-order valence-electron chi connectivity index (χ3n) is 1.93. The minimum absolute atomic E-state index is 0.604. The molecular weight excluding hydrogens is 184 g/mol. The van der Waals surface area contributed by atoms with E-state index >= 15 is 0 Å². The molecule has 0 amide bonds. The van der Waals surface area contributed by atoms with Crippen LogP contribution in [0.25, 0.3) is 0 Å². The molecule has 0 aliphatic rings. The van der Waals surface area contributed by atoms with Gasteiger partial charge in [0.15, 0.2) is 0 Å². The lowest BCUT2D eigenvalue weighted by atomic mass is 10.1. The minimum atomic E-state index is 0.604. The molecule has 0 radical (unpaired) electrons. The zero-order valence-electron chi connectivity index (χ0n) is 7.82. The van der Waals surface area contributed by atoms with Gasteiger partial charge < -0.3 is 10.7 Å². The van der Waals surface area contributed by atoms with Crippen molar-refractivity contribution in [2.75, 3.05) is 12.4 Å². The second kappa shape index (κ2) is 4.28. The Bertz CT molecular complexity index is 321. The second-order valence-corrected chi connectivity index (χ2v) is 3.21. The normalized spacial score (nSPS) is 9.77. The van der Waals surface area contributed by atoms with Crippen molar-refractivity contribution in [2.45, 2.75) is 13.3 Å². The number of hydrogen-bond acceptors (Lipinski definition) is 2. The summed E-state index contributed by atoms with van der Waals surface area (Å²) in [5, 5.41) is 11.4. The number of nitrogens with one attached hydrogen (secondary N) is 2. The van der Waals surface area contributed by atoms with Crippen LogP contribution in [-0.2, 0) is 0 Å². The number of halogens is 1. The summed E-state index contributed by atoms with van der Waals surface area (Å²) < 4.78 is 0. The van der Waals surface area contributed by atoms with Gasteiger partial charge in [-0.05, 0) is 24.6 Å². The lowest BCUT2D eigenvalue weighted by molar-refractivity contribution is 1.24. The molecule has 1 aromatic rings. The Balaban J connectivity index is 3.15. The van der Waals surface area contributed by atoms with E-state index in [0.717, 1.165) is 17.7 Å². The summed E-state index contributed by atoms with van der Waals surface area (Å²) in [6, 6.07) is 5.53. The van der Waals surface area contributed by atoms with E-state index in [4.69, 9.17) is 17.0 Å². The molecule has 2 N–H and O–H groups in total. The number of rotatable bonds is 3. The summed E-state index contributed by atoms with van der Waals surface area (Å²) in [5.41, 5.74) is 2.45. The summed E-state index contributed by atoms with van der Waals surface area (Å²) >= 11 is 5.85. The molecule has 0 aliphatic carbocycles. The lowest BCUT2D eigenvalue weighted by Gasteiger charge is -2.09. The SMILES string of the molecule is CCC(=N)c1cc(Cl)ccc1NC. The first-order valence-electron chi connectivity index (χ1n) is 4.24. The molecule has 0 spiro atoms. The molecule has 0 saturated heterocycles. The van der Waals surface area contributed by atoms with Crippen molar-refractivity contribution in [2.24, 2.45) is 0 Å². The maximum absolute atomic E-state index is 7.72. The zero-order valence-corrected chi connectivity index (χ0v) is 8.57. The van der Waals surface area contributed by atoms with Crippen molar-refractivity contribution >= 4 is 23.0 Å². The van der Waals surface area contributed by atoms with Gasteiger partial charge in [0, 0.05) is 29.0 Å².